The highest BCUT2D eigenvalue weighted by Gasteiger charge is 2.24. The summed E-state index contributed by atoms with van der Waals surface area (Å²) in [6, 6.07) is 7.99. The molecule has 1 fully saturated rings. The number of nitrogens with two attached hydrogens (primary N) is 1. The van der Waals surface area contributed by atoms with Gasteiger partial charge < -0.3 is 10.6 Å². The zero-order chi connectivity index (χ0) is 14.5. The van der Waals surface area contributed by atoms with Crippen LogP contribution in [-0.2, 0) is 6.42 Å². The maximum Gasteiger partial charge on any atom is 0.254 e. The van der Waals surface area contributed by atoms with Crippen molar-refractivity contribution in [3.63, 3.8) is 0 Å². The van der Waals surface area contributed by atoms with Gasteiger partial charge in [0.1, 0.15) is 0 Å². The summed E-state index contributed by atoms with van der Waals surface area (Å²) in [5.74, 6) is 0.0868. The standard InChI is InChI=1S/C16H22N2OS/c1-18(13-8-3-2-4-9-13)16(19)14-10-6-5-7-12(14)11-15(17)20/h5-7,10,13H,2-4,8-9,11H2,1H3,(H2,17,20). The van der Waals surface area contributed by atoms with Crippen molar-refractivity contribution >= 4 is 23.1 Å². The second kappa shape index (κ2) is 6.84. The highest BCUT2D eigenvalue weighted by Crippen LogP contribution is 2.23. The van der Waals surface area contributed by atoms with Gasteiger partial charge in [-0.3, -0.25) is 4.79 Å². The van der Waals surface area contributed by atoms with E-state index >= 15 is 0 Å². The minimum absolute atomic E-state index is 0.0868. The topological polar surface area (TPSA) is 46.3 Å². The Morgan fingerprint density at radius 1 is 1.30 bits per heavy atom. The minimum atomic E-state index is 0.0868. The van der Waals surface area contributed by atoms with E-state index in [9.17, 15) is 4.79 Å². The first kappa shape index (κ1) is 15.0. The zero-order valence-electron chi connectivity index (χ0n) is 12.0. The van der Waals surface area contributed by atoms with Crippen molar-refractivity contribution in [2.24, 2.45) is 5.73 Å². The molecule has 0 unspecified atom stereocenters. The SMILES string of the molecule is CN(C(=O)c1ccccc1CC(N)=S)C1CCCCC1. The highest BCUT2D eigenvalue weighted by atomic mass is 32.1. The number of rotatable bonds is 4. The smallest absolute Gasteiger partial charge is 0.254 e. The summed E-state index contributed by atoms with van der Waals surface area (Å²) >= 11 is 4.97. The molecule has 1 amide bonds. The summed E-state index contributed by atoms with van der Waals surface area (Å²) < 4.78 is 0. The second-order valence-corrected chi connectivity index (χ2v) is 6.03. The molecule has 20 heavy (non-hydrogen) atoms. The van der Waals surface area contributed by atoms with Gasteiger partial charge in [-0.2, -0.15) is 0 Å². The second-order valence-electron chi connectivity index (χ2n) is 5.51. The van der Waals surface area contributed by atoms with Crippen LogP contribution in [0.4, 0.5) is 0 Å². The number of nitrogens with zero attached hydrogens (tertiary/aromatic N) is 1. The molecule has 0 aromatic heterocycles. The lowest BCUT2D eigenvalue weighted by atomic mass is 9.93. The highest BCUT2D eigenvalue weighted by molar-refractivity contribution is 7.80. The molecule has 0 aliphatic heterocycles. The van der Waals surface area contributed by atoms with Crippen LogP contribution in [0.5, 0.6) is 0 Å². The van der Waals surface area contributed by atoms with Gasteiger partial charge >= 0.3 is 0 Å². The van der Waals surface area contributed by atoms with Crippen LogP contribution in [0.1, 0.15) is 48.0 Å². The number of carbonyl (C=O) groups excluding carboxylic acids is 1. The lowest BCUT2D eigenvalue weighted by Crippen LogP contribution is -2.38. The van der Waals surface area contributed by atoms with Crippen LogP contribution in [0, 0.1) is 0 Å². The molecule has 108 valence electrons. The average molecular weight is 290 g/mol. The van der Waals surface area contributed by atoms with E-state index in [-0.39, 0.29) is 5.91 Å². The molecule has 3 nitrogen and oxygen atoms in total. The van der Waals surface area contributed by atoms with Gasteiger partial charge in [0.2, 0.25) is 0 Å². The monoisotopic (exact) mass is 290 g/mol. The number of hydrogen-bond donors (Lipinski definition) is 1. The van der Waals surface area contributed by atoms with Gasteiger partial charge in [-0.05, 0) is 24.5 Å². The minimum Gasteiger partial charge on any atom is -0.393 e. The Balaban J connectivity index is 2.17. The molecule has 1 aliphatic carbocycles. The molecule has 1 aliphatic rings. The molecular formula is C16H22N2OS. The third kappa shape index (κ3) is 3.57. The molecule has 0 bridgehead atoms. The van der Waals surface area contributed by atoms with Crippen molar-refractivity contribution in [2.75, 3.05) is 7.05 Å². The van der Waals surface area contributed by atoms with Crippen molar-refractivity contribution in [1.29, 1.82) is 0 Å². The van der Waals surface area contributed by atoms with Crippen molar-refractivity contribution in [3.05, 3.63) is 35.4 Å². The fourth-order valence-corrected chi connectivity index (χ4v) is 3.05. The summed E-state index contributed by atoms with van der Waals surface area (Å²) in [7, 11) is 1.91. The summed E-state index contributed by atoms with van der Waals surface area (Å²) in [5, 5.41) is 0. The molecule has 2 rings (SSSR count). The van der Waals surface area contributed by atoms with Crippen LogP contribution >= 0.6 is 12.2 Å². The Bertz CT molecular complexity index is 495. The van der Waals surface area contributed by atoms with E-state index in [0.717, 1.165) is 24.0 Å². The maximum absolute atomic E-state index is 12.7. The summed E-state index contributed by atoms with van der Waals surface area (Å²) in [6.45, 7) is 0. The zero-order valence-corrected chi connectivity index (χ0v) is 12.8. The molecule has 0 heterocycles. The van der Waals surface area contributed by atoms with Gasteiger partial charge in [0.05, 0.1) is 4.99 Å². The van der Waals surface area contributed by atoms with Crippen LogP contribution in [0.2, 0.25) is 0 Å². The molecule has 0 atom stereocenters. The van der Waals surface area contributed by atoms with Crippen molar-refractivity contribution < 1.29 is 4.79 Å². The van der Waals surface area contributed by atoms with Gasteiger partial charge in [0.15, 0.2) is 0 Å². The largest absolute Gasteiger partial charge is 0.393 e. The Hall–Kier alpha value is -1.42. The summed E-state index contributed by atoms with van der Waals surface area (Å²) in [5.41, 5.74) is 7.27. The number of benzene rings is 1. The number of hydrogen-bond acceptors (Lipinski definition) is 2. The lowest BCUT2D eigenvalue weighted by Gasteiger charge is -2.31. The van der Waals surface area contributed by atoms with Gasteiger partial charge in [-0.15, -0.1) is 0 Å². The number of thiocarbonyl (C=S) groups is 1. The van der Waals surface area contributed by atoms with Crippen LogP contribution in [-0.4, -0.2) is 28.9 Å². The number of amides is 1. The molecule has 0 saturated heterocycles. The van der Waals surface area contributed by atoms with E-state index in [1.54, 1.807) is 0 Å². The average Bonchev–Trinajstić information content (AvgIpc) is 2.46. The first-order chi connectivity index (χ1) is 9.59. The molecule has 1 aromatic rings. The molecule has 0 spiro atoms. The van der Waals surface area contributed by atoms with Crippen molar-refractivity contribution in [2.45, 2.75) is 44.6 Å². The lowest BCUT2D eigenvalue weighted by molar-refractivity contribution is 0.0695. The predicted molar refractivity (Wildman–Crippen MR) is 85.9 cm³/mol. The van der Waals surface area contributed by atoms with E-state index in [1.165, 1.54) is 19.3 Å². The predicted octanol–water partition coefficient (Wildman–Crippen LogP) is 2.92. The fourth-order valence-electron chi connectivity index (χ4n) is 2.89. The molecule has 2 N–H and O–H groups in total. The van der Waals surface area contributed by atoms with Crippen LogP contribution in [0.25, 0.3) is 0 Å². The summed E-state index contributed by atoms with van der Waals surface area (Å²) in [6.07, 6.45) is 6.43. The van der Waals surface area contributed by atoms with E-state index in [4.69, 9.17) is 18.0 Å². The first-order valence-corrected chi connectivity index (χ1v) is 7.64. The Morgan fingerprint density at radius 2 is 1.95 bits per heavy atom. The van der Waals surface area contributed by atoms with Gasteiger partial charge in [-0.25, -0.2) is 0 Å². The normalized spacial score (nSPS) is 15.8. The molecule has 4 heteroatoms. The third-order valence-electron chi connectivity index (χ3n) is 4.06. The molecule has 1 aromatic carbocycles. The maximum atomic E-state index is 12.7. The van der Waals surface area contributed by atoms with Gasteiger partial charge in [0.25, 0.3) is 5.91 Å². The van der Waals surface area contributed by atoms with E-state index < -0.39 is 0 Å². The van der Waals surface area contributed by atoms with Gasteiger partial charge in [-0.1, -0.05) is 49.7 Å². The molecular weight excluding hydrogens is 268 g/mol. The fraction of sp³-hybridized carbons (Fsp3) is 0.500. The quantitative estimate of drug-likeness (QED) is 0.867. The molecule has 1 saturated carbocycles. The van der Waals surface area contributed by atoms with Crippen LogP contribution < -0.4 is 5.73 Å². The Kier molecular flexibility index (Phi) is 5.12. The summed E-state index contributed by atoms with van der Waals surface area (Å²) in [4.78, 5) is 15.0. The van der Waals surface area contributed by atoms with Crippen LogP contribution in [0.15, 0.2) is 24.3 Å². The molecule has 0 radical (unpaired) electrons. The van der Waals surface area contributed by atoms with E-state index in [2.05, 4.69) is 0 Å². The van der Waals surface area contributed by atoms with Gasteiger partial charge in [0, 0.05) is 25.1 Å². The van der Waals surface area contributed by atoms with Crippen molar-refractivity contribution in [1.82, 2.24) is 4.90 Å². The van der Waals surface area contributed by atoms with E-state index in [1.807, 2.05) is 36.2 Å². The Labute approximate surface area is 126 Å². The van der Waals surface area contributed by atoms with E-state index in [0.29, 0.717) is 17.5 Å². The first-order valence-electron chi connectivity index (χ1n) is 7.23. The van der Waals surface area contributed by atoms with Crippen molar-refractivity contribution in [3.8, 4) is 0 Å². The number of carbonyl (C=O) groups is 1. The third-order valence-corrected chi connectivity index (χ3v) is 4.20. The Morgan fingerprint density at radius 3 is 2.60 bits per heavy atom. The van der Waals surface area contributed by atoms with Crippen LogP contribution in [0.3, 0.4) is 0 Å².